The molecule has 0 unspecified atom stereocenters. The minimum atomic E-state index is -0.580. The first-order valence-corrected chi connectivity index (χ1v) is 10.6. The highest BCUT2D eigenvalue weighted by atomic mass is 19.1. The van der Waals surface area contributed by atoms with Crippen LogP contribution >= 0.6 is 0 Å². The van der Waals surface area contributed by atoms with Crippen LogP contribution in [-0.4, -0.2) is 30.1 Å². The van der Waals surface area contributed by atoms with E-state index in [-0.39, 0.29) is 24.7 Å². The normalized spacial score (nSPS) is 13.7. The predicted octanol–water partition coefficient (Wildman–Crippen LogP) is 5.55. The largest absolute Gasteiger partial charge is 0.444 e. The van der Waals surface area contributed by atoms with Gasteiger partial charge in [0, 0.05) is 30.0 Å². The second kappa shape index (κ2) is 10.1. The second-order valence-electron chi connectivity index (χ2n) is 7.68. The Hall–Kier alpha value is -3.94. The highest BCUT2D eigenvalue weighted by Crippen LogP contribution is 2.24. The Morgan fingerprint density at radius 3 is 2.48 bits per heavy atom. The van der Waals surface area contributed by atoms with E-state index in [1.54, 1.807) is 29.2 Å². The number of rotatable bonds is 6. The number of halogens is 2. The van der Waals surface area contributed by atoms with E-state index in [4.69, 9.17) is 4.74 Å². The first-order valence-electron chi connectivity index (χ1n) is 10.6. The summed E-state index contributed by atoms with van der Waals surface area (Å²) >= 11 is 0. The Morgan fingerprint density at radius 1 is 0.970 bits per heavy atom. The number of nitrogens with zero attached hydrogens (tertiary/aromatic N) is 2. The first kappa shape index (κ1) is 22.3. The van der Waals surface area contributed by atoms with Crippen molar-refractivity contribution >= 4 is 23.5 Å². The van der Waals surface area contributed by atoms with Crippen LogP contribution in [0, 0.1) is 11.6 Å². The van der Waals surface area contributed by atoms with Gasteiger partial charge in [-0.25, -0.2) is 18.4 Å². The van der Waals surface area contributed by atoms with E-state index >= 15 is 0 Å². The van der Waals surface area contributed by atoms with Crippen LogP contribution in [0.1, 0.15) is 17.5 Å². The SMILES string of the molecule is O=C(Nc1ccc(N2CCCN(Cc3cc(F)ccc3F)C2=O)cc1)OCc1ccccc1. The van der Waals surface area contributed by atoms with Crippen molar-refractivity contribution in [2.24, 2.45) is 0 Å². The zero-order chi connectivity index (χ0) is 23.2. The molecule has 6 nitrogen and oxygen atoms in total. The van der Waals surface area contributed by atoms with Crippen molar-refractivity contribution in [1.29, 1.82) is 0 Å². The number of hydrogen-bond acceptors (Lipinski definition) is 3. The molecule has 1 heterocycles. The third kappa shape index (κ3) is 5.65. The van der Waals surface area contributed by atoms with Gasteiger partial charge in [0.05, 0.1) is 6.54 Å². The van der Waals surface area contributed by atoms with Crippen molar-refractivity contribution in [1.82, 2.24) is 4.90 Å². The number of urea groups is 1. The van der Waals surface area contributed by atoms with E-state index in [1.807, 2.05) is 30.3 Å². The number of amides is 3. The number of carbonyl (C=O) groups is 2. The number of nitrogens with one attached hydrogen (secondary N) is 1. The molecule has 1 N–H and O–H groups in total. The van der Waals surface area contributed by atoms with E-state index in [1.165, 1.54) is 4.90 Å². The Kier molecular flexibility index (Phi) is 6.83. The second-order valence-corrected chi connectivity index (χ2v) is 7.68. The maximum atomic E-state index is 14.0. The molecule has 3 aromatic carbocycles. The quantitative estimate of drug-likeness (QED) is 0.535. The van der Waals surface area contributed by atoms with Crippen molar-refractivity contribution in [3.8, 4) is 0 Å². The fourth-order valence-corrected chi connectivity index (χ4v) is 3.64. The van der Waals surface area contributed by atoms with Crippen molar-refractivity contribution in [2.75, 3.05) is 23.3 Å². The van der Waals surface area contributed by atoms with Gasteiger partial charge in [-0.1, -0.05) is 30.3 Å². The third-order valence-electron chi connectivity index (χ3n) is 5.32. The van der Waals surface area contributed by atoms with Gasteiger partial charge in [0.2, 0.25) is 0 Å². The lowest BCUT2D eigenvalue weighted by molar-refractivity contribution is 0.155. The third-order valence-corrected chi connectivity index (χ3v) is 5.32. The molecule has 0 aromatic heterocycles. The summed E-state index contributed by atoms with van der Waals surface area (Å²) in [6.07, 6.45) is 0.109. The summed E-state index contributed by atoms with van der Waals surface area (Å²) in [6, 6.07) is 19.1. The number of anilines is 2. The fraction of sp³-hybridized carbons (Fsp3) is 0.200. The Bertz CT molecular complexity index is 1120. The molecule has 1 aliphatic heterocycles. The molecule has 1 aliphatic rings. The molecule has 0 spiro atoms. The molecule has 0 bridgehead atoms. The van der Waals surface area contributed by atoms with Gasteiger partial charge in [-0.3, -0.25) is 10.2 Å². The maximum absolute atomic E-state index is 14.0. The van der Waals surface area contributed by atoms with E-state index in [9.17, 15) is 18.4 Å². The number of ether oxygens (including phenoxy) is 1. The molecular weight excluding hydrogens is 428 g/mol. The number of hydrogen-bond donors (Lipinski definition) is 1. The molecule has 8 heteroatoms. The van der Waals surface area contributed by atoms with Gasteiger partial charge >= 0.3 is 12.1 Å². The standard InChI is InChI=1S/C25H23F2N3O3/c26-20-7-12-23(27)19(15-20)16-29-13-4-14-30(25(29)32)22-10-8-21(9-11-22)28-24(31)33-17-18-5-2-1-3-6-18/h1-3,5-12,15H,4,13-14,16-17H2,(H,28,31). The van der Waals surface area contributed by atoms with Crippen molar-refractivity contribution in [3.05, 3.63) is 95.6 Å². The van der Waals surface area contributed by atoms with Gasteiger partial charge < -0.3 is 9.64 Å². The Balaban J connectivity index is 1.36. The highest BCUT2D eigenvalue weighted by Gasteiger charge is 2.27. The van der Waals surface area contributed by atoms with Crippen LogP contribution in [0.15, 0.2) is 72.8 Å². The van der Waals surface area contributed by atoms with Crippen LogP contribution < -0.4 is 10.2 Å². The highest BCUT2D eigenvalue weighted by molar-refractivity contribution is 5.93. The number of benzene rings is 3. The van der Waals surface area contributed by atoms with Crippen LogP contribution in [0.4, 0.5) is 29.7 Å². The summed E-state index contributed by atoms with van der Waals surface area (Å²) in [5.74, 6) is -1.09. The molecule has 0 atom stereocenters. The van der Waals surface area contributed by atoms with Crippen molar-refractivity contribution in [2.45, 2.75) is 19.6 Å². The summed E-state index contributed by atoms with van der Waals surface area (Å²) in [5.41, 5.74) is 2.20. The monoisotopic (exact) mass is 451 g/mol. The average Bonchev–Trinajstić information content (AvgIpc) is 2.83. The lowest BCUT2D eigenvalue weighted by Gasteiger charge is -2.35. The lowest BCUT2D eigenvalue weighted by atomic mass is 10.1. The zero-order valence-electron chi connectivity index (χ0n) is 17.8. The minimum Gasteiger partial charge on any atom is -0.444 e. The van der Waals surface area contributed by atoms with E-state index in [0.29, 0.717) is 30.9 Å². The lowest BCUT2D eigenvalue weighted by Crippen LogP contribution is -2.49. The van der Waals surface area contributed by atoms with E-state index < -0.39 is 17.7 Å². The Labute approximate surface area is 190 Å². The van der Waals surface area contributed by atoms with Gasteiger partial charge in [-0.2, -0.15) is 0 Å². The van der Waals surface area contributed by atoms with E-state index in [2.05, 4.69) is 5.32 Å². The average molecular weight is 451 g/mol. The van der Waals surface area contributed by atoms with Crippen LogP contribution in [0.5, 0.6) is 0 Å². The first-order chi connectivity index (χ1) is 16.0. The van der Waals surface area contributed by atoms with Crippen molar-refractivity contribution < 1.29 is 23.1 Å². The number of carbonyl (C=O) groups excluding carboxylic acids is 2. The summed E-state index contributed by atoms with van der Waals surface area (Å²) < 4.78 is 32.7. The van der Waals surface area contributed by atoms with Crippen LogP contribution in [0.25, 0.3) is 0 Å². The molecule has 3 amide bonds. The zero-order valence-corrected chi connectivity index (χ0v) is 17.8. The molecule has 0 saturated carbocycles. The smallest absolute Gasteiger partial charge is 0.411 e. The predicted molar refractivity (Wildman–Crippen MR) is 121 cm³/mol. The maximum Gasteiger partial charge on any atom is 0.411 e. The van der Waals surface area contributed by atoms with Crippen LogP contribution in [-0.2, 0) is 17.9 Å². The molecule has 33 heavy (non-hydrogen) atoms. The summed E-state index contributed by atoms with van der Waals surface area (Å²) in [4.78, 5) is 28.1. The molecule has 3 aromatic rings. The molecule has 0 aliphatic carbocycles. The summed E-state index contributed by atoms with van der Waals surface area (Å²) in [5, 5.41) is 2.65. The molecule has 1 fully saturated rings. The summed E-state index contributed by atoms with van der Waals surface area (Å²) in [7, 11) is 0. The van der Waals surface area contributed by atoms with Gasteiger partial charge in [0.1, 0.15) is 18.2 Å². The topological polar surface area (TPSA) is 61.9 Å². The van der Waals surface area contributed by atoms with Gasteiger partial charge in [0.25, 0.3) is 0 Å². The molecule has 1 saturated heterocycles. The van der Waals surface area contributed by atoms with Crippen LogP contribution in [0.2, 0.25) is 0 Å². The molecule has 0 radical (unpaired) electrons. The molecule has 170 valence electrons. The van der Waals surface area contributed by atoms with Gasteiger partial charge in [-0.05, 0) is 54.4 Å². The van der Waals surface area contributed by atoms with Gasteiger partial charge in [-0.15, -0.1) is 0 Å². The van der Waals surface area contributed by atoms with Gasteiger partial charge in [0.15, 0.2) is 0 Å². The minimum absolute atomic E-state index is 0.00811. The molecular formula is C25H23F2N3O3. The Morgan fingerprint density at radius 2 is 1.73 bits per heavy atom. The fourth-order valence-electron chi connectivity index (χ4n) is 3.64. The molecule has 4 rings (SSSR count). The van der Waals surface area contributed by atoms with Crippen LogP contribution in [0.3, 0.4) is 0 Å². The summed E-state index contributed by atoms with van der Waals surface area (Å²) in [6.45, 7) is 1.12. The van der Waals surface area contributed by atoms with E-state index in [0.717, 1.165) is 23.8 Å². The van der Waals surface area contributed by atoms with Crippen molar-refractivity contribution in [3.63, 3.8) is 0 Å².